The second-order valence-electron chi connectivity index (χ2n) is 6.45. The third-order valence-corrected chi connectivity index (χ3v) is 7.39. The number of rotatable bonds is 4. The number of hydrogen-bond donors (Lipinski definition) is 0. The number of halogens is 1. The minimum Gasteiger partial charge on any atom is -0.182 e. The van der Waals surface area contributed by atoms with Crippen LogP contribution in [0.2, 0.25) is 0 Å². The lowest BCUT2D eigenvalue weighted by atomic mass is 10.0. The van der Waals surface area contributed by atoms with E-state index in [9.17, 15) is 14.0 Å². The van der Waals surface area contributed by atoms with E-state index in [2.05, 4.69) is 32.0 Å². The van der Waals surface area contributed by atoms with Gasteiger partial charge in [-0.25, -0.2) is 0 Å². The highest BCUT2D eigenvalue weighted by atomic mass is 35.7. The average molecular weight is 359 g/mol. The van der Waals surface area contributed by atoms with E-state index in [4.69, 9.17) is 3.74 Å². The second kappa shape index (κ2) is 6.24. The first-order valence-corrected chi connectivity index (χ1v) is 10.9. The molecule has 0 saturated carbocycles. The van der Waals surface area contributed by atoms with Crippen molar-refractivity contribution >= 4 is 10.3 Å². The molecule has 0 aromatic heterocycles. The van der Waals surface area contributed by atoms with Gasteiger partial charge in [0.25, 0.3) is 0 Å². The Morgan fingerprint density at radius 2 is 1.61 bits per heavy atom. The summed E-state index contributed by atoms with van der Waals surface area (Å²) in [7, 11) is -6.65. The van der Waals surface area contributed by atoms with Gasteiger partial charge in [0, 0.05) is 27.7 Å². The van der Waals surface area contributed by atoms with Gasteiger partial charge in [0.15, 0.2) is 0 Å². The largest absolute Gasteiger partial charge is 0.182 e. The summed E-state index contributed by atoms with van der Waals surface area (Å²) in [6.07, 6.45) is 3.35. The molecule has 0 spiro atoms. The van der Waals surface area contributed by atoms with Gasteiger partial charge in [-0.1, -0.05) is 32.0 Å². The molecule has 0 saturated heterocycles. The molecule has 128 valence electrons. The molecule has 0 aromatic carbocycles. The Balaban J connectivity index is 2.66. The maximum atomic E-state index is 11.0. The van der Waals surface area contributed by atoms with Crippen LogP contribution in [-0.2, 0) is 3.74 Å². The van der Waals surface area contributed by atoms with Crippen molar-refractivity contribution in [1.82, 2.24) is 0 Å². The minimum absolute atomic E-state index is 0.389. The highest BCUT2D eigenvalue weighted by molar-refractivity contribution is 8.28. The molecule has 0 aromatic rings. The Hall–Kier alpha value is -0.820. The zero-order valence-electron chi connectivity index (χ0n) is 14.3. The highest BCUT2D eigenvalue weighted by Gasteiger charge is 2.37. The molecule has 0 atom stereocenters. The molecule has 0 fully saturated rings. The molecule has 0 radical (unpaired) electrons. The molecule has 2 aliphatic rings. The fourth-order valence-corrected chi connectivity index (χ4v) is 5.85. The van der Waals surface area contributed by atoms with Gasteiger partial charge in [0.05, 0.1) is 10.2 Å². The van der Waals surface area contributed by atoms with Crippen molar-refractivity contribution in [2.45, 2.75) is 38.5 Å². The van der Waals surface area contributed by atoms with Crippen molar-refractivity contribution < 1.29 is 28.0 Å². The number of aryl methyl sites for hydroxylation is 1. The Morgan fingerprint density at radius 3 is 2.13 bits per heavy atom. The van der Waals surface area contributed by atoms with E-state index in [1.807, 2.05) is 19.9 Å². The maximum Gasteiger partial charge on any atom is 0.125 e. The fourth-order valence-electron chi connectivity index (χ4n) is 2.79. The third-order valence-electron chi connectivity index (χ3n) is 4.03. The first kappa shape index (κ1) is 18.5. The summed E-state index contributed by atoms with van der Waals surface area (Å²) in [5.41, 5.74) is 5.44. The van der Waals surface area contributed by atoms with Crippen LogP contribution in [0.25, 0.3) is 11.1 Å². The van der Waals surface area contributed by atoms with Crippen LogP contribution in [0.3, 0.4) is 0 Å². The third kappa shape index (κ3) is 3.99. The van der Waals surface area contributed by atoms with Crippen LogP contribution in [0.15, 0.2) is 29.2 Å². The van der Waals surface area contributed by atoms with Crippen LogP contribution in [0, 0.1) is 24.1 Å². The summed E-state index contributed by atoms with van der Waals surface area (Å²) >= 11 is 0. The van der Waals surface area contributed by atoms with E-state index in [0.717, 1.165) is 27.1 Å². The molecule has 0 unspecified atom stereocenters. The van der Waals surface area contributed by atoms with Gasteiger partial charge in [0.1, 0.15) is 3.74 Å². The van der Waals surface area contributed by atoms with Crippen molar-refractivity contribution in [3.63, 3.8) is 0 Å². The standard InChI is InChI=1S/C17H23ClO4S/c1-11(2)14-8-7-12(3)15-10-17(13(4)16(15)9-14)23(5,6)22-18(19,20)21/h7-11H,1-6H3. The van der Waals surface area contributed by atoms with E-state index in [0.29, 0.717) is 5.92 Å². The predicted molar refractivity (Wildman–Crippen MR) is 85.4 cm³/mol. The molecule has 0 heterocycles. The molecule has 0 bridgehead atoms. The molecule has 0 amide bonds. The van der Waals surface area contributed by atoms with Crippen LogP contribution in [-0.4, -0.2) is 12.5 Å². The molecule has 2 rings (SSSR count). The maximum absolute atomic E-state index is 11.0. The molecular formula is C17H23ClO4S. The van der Waals surface area contributed by atoms with E-state index < -0.39 is 20.6 Å². The predicted octanol–water partition coefficient (Wildman–Crippen LogP) is 1.78. The SMILES string of the molecule is Cc1ccc(C(C)C)cc2c(C)c(S(C)(C)O[Cl+3]([O-])([O-])[O-])cc1-2. The van der Waals surface area contributed by atoms with Gasteiger partial charge in [-0.2, -0.15) is 14.0 Å². The molecule has 2 aliphatic carbocycles. The zero-order valence-corrected chi connectivity index (χ0v) is 15.9. The summed E-state index contributed by atoms with van der Waals surface area (Å²) < 4.78 is 37.9. The molecule has 6 heteroatoms. The lowest BCUT2D eigenvalue weighted by Gasteiger charge is -2.26. The van der Waals surface area contributed by atoms with Crippen LogP contribution in [0.5, 0.6) is 0 Å². The Morgan fingerprint density at radius 1 is 1.00 bits per heavy atom. The molecule has 23 heavy (non-hydrogen) atoms. The van der Waals surface area contributed by atoms with E-state index in [-0.39, 0.29) is 0 Å². The van der Waals surface area contributed by atoms with Gasteiger partial charge in [-0.3, -0.25) is 0 Å². The van der Waals surface area contributed by atoms with Gasteiger partial charge in [0.2, 0.25) is 0 Å². The van der Waals surface area contributed by atoms with Gasteiger partial charge in [-0.05, 0) is 53.6 Å². The summed E-state index contributed by atoms with van der Waals surface area (Å²) in [6.45, 7) is 8.25. The van der Waals surface area contributed by atoms with Crippen LogP contribution < -0.4 is 14.0 Å². The quantitative estimate of drug-likeness (QED) is 0.834. The van der Waals surface area contributed by atoms with Gasteiger partial charge < -0.3 is 0 Å². The summed E-state index contributed by atoms with van der Waals surface area (Å²) in [5.74, 6) is 0.389. The first-order chi connectivity index (χ1) is 10.4. The Labute approximate surface area is 141 Å². The van der Waals surface area contributed by atoms with Crippen LogP contribution in [0.4, 0.5) is 0 Å². The average Bonchev–Trinajstić information content (AvgIpc) is 2.58. The van der Waals surface area contributed by atoms with Gasteiger partial charge in [-0.15, -0.1) is 0 Å². The number of hydrogen-bond acceptors (Lipinski definition) is 4. The van der Waals surface area contributed by atoms with Crippen molar-refractivity contribution in [3.05, 3.63) is 41.0 Å². The smallest absolute Gasteiger partial charge is 0.125 e. The Kier molecular flexibility index (Phi) is 5.02. The van der Waals surface area contributed by atoms with E-state index in [1.165, 1.54) is 5.56 Å². The summed E-state index contributed by atoms with van der Waals surface area (Å²) in [6, 6.07) is 8.30. The monoisotopic (exact) mass is 358 g/mol. The second-order valence-corrected chi connectivity index (χ2v) is 10.6. The van der Waals surface area contributed by atoms with Crippen molar-refractivity contribution in [2.24, 2.45) is 0 Å². The normalized spacial score (nSPS) is 13.8. The topological polar surface area (TPSA) is 78.4 Å². The minimum atomic E-state index is -4.45. The lowest BCUT2D eigenvalue weighted by molar-refractivity contribution is -1.91. The molecule has 0 aliphatic heterocycles. The highest BCUT2D eigenvalue weighted by Crippen LogP contribution is 2.56. The first-order valence-electron chi connectivity index (χ1n) is 7.31. The molecular weight excluding hydrogens is 336 g/mol. The Bertz CT molecular complexity index is 692. The van der Waals surface area contributed by atoms with Crippen LogP contribution >= 0.6 is 10.3 Å². The van der Waals surface area contributed by atoms with Crippen molar-refractivity contribution in [2.75, 3.05) is 12.5 Å². The molecule has 4 nitrogen and oxygen atoms in total. The van der Waals surface area contributed by atoms with E-state index in [1.54, 1.807) is 12.5 Å². The fraction of sp³-hybridized carbons (Fsp3) is 0.412. The van der Waals surface area contributed by atoms with E-state index >= 15 is 0 Å². The van der Waals surface area contributed by atoms with Crippen molar-refractivity contribution in [3.8, 4) is 11.1 Å². The summed E-state index contributed by atoms with van der Waals surface area (Å²) in [4.78, 5) is 0.795. The molecule has 0 N–H and O–H groups in total. The van der Waals surface area contributed by atoms with Gasteiger partial charge >= 0.3 is 0 Å². The zero-order chi connectivity index (χ0) is 17.6. The summed E-state index contributed by atoms with van der Waals surface area (Å²) in [5, 5.41) is 0. The number of fused-ring (bicyclic) bond motifs is 1. The van der Waals surface area contributed by atoms with Crippen molar-refractivity contribution in [1.29, 1.82) is 0 Å². The van der Waals surface area contributed by atoms with Crippen LogP contribution in [0.1, 0.15) is 36.5 Å². The lowest BCUT2D eigenvalue weighted by Crippen LogP contribution is -2.61.